The van der Waals surface area contributed by atoms with Crippen molar-refractivity contribution in [1.29, 1.82) is 0 Å². The lowest BCUT2D eigenvalue weighted by molar-refractivity contribution is -0.128. The molecule has 6 rings (SSSR count). The highest BCUT2D eigenvalue weighted by Crippen LogP contribution is 2.53. The molecule has 0 aliphatic carbocycles. The van der Waals surface area contributed by atoms with Crippen LogP contribution >= 0.6 is 0 Å². The van der Waals surface area contributed by atoms with E-state index in [1.807, 2.05) is 18.2 Å². The molecule has 2 fully saturated rings. The van der Waals surface area contributed by atoms with E-state index in [-0.39, 0.29) is 18.6 Å². The SMILES string of the molecule is COc1ccc(NC(=O)[C@@H]2[C@H]3C(=O)N(c4ccc5c(c4)OCO5)C[C@]34C=C[C@H]2O4)cc1. The van der Waals surface area contributed by atoms with Crippen molar-refractivity contribution in [3.63, 3.8) is 0 Å². The van der Waals surface area contributed by atoms with E-state index in [0.29, 0.717) is 35.2 Å². The number of anilines is 2. The number of nitrogens with one attached hydrogen (secondary N) is 1. The molecule has 158 valence electrons. The highest BCUT2D eigenvalue weighted by atomic mass is 16.7. The van der Waals surface area contributed by atoms with Gasteiger partial charge in [-0.15, -0.1) is 0 Å². The molecule has 4 aliphatic heterocycles. The fourth-order valence-corrected chi connectivity index (χ4v) is 4.97. The summed E-state index contributed by atoms with van der Waals surface area (Å²) in [7, 11) is 1.59. The van der Waals surface area contributed by atoms with Crippen molar-refractivity contribution < 1.29 is 28.5 Å². The van der Waals surface area contributed by atoms with E-state index in [1.165, 1.54) is 0 Å². The molecule has 2 aromatic rings. The lowest BCUT2D eigenvalue weighted by atomic mass is 9.77. The number of benzene rings is 2. The number of hydrogen-bond acceptors (Lipinski definition) is 6. The number of hydrogen-bond donors (Lipinski definition) is 1. The highest BCUT2D eigenvalue weighted by molar-refractivity contribution is 6.05. The zero-order valence-corrected chi connectivity index (χ0v) is 16.7. The molecule has 4 aliphatic rings. The van der Waals surface area contributed by atoms with Gasteiger partial charge in [0, 0.05) is 17.4 Å². The minimum Gasteiger partial charge on any atom is -0.497 e. The second-order valence-corrected chi connectivity index (χ2v) is 8.08. The van der Waals surface area contributed by atoms with E-state index in [2.05, 4.69) is 5.32 Å². The van der Waals surface area contributed by atoms with Gasteiger partial charge in [0.1, 0.15) is 11.4 Å². The Balaban J connectivity index is 1.27. The molecule has 2 saturated heterocycles. The van der Waals surface area contributed by atoms with Crippen molar-refractivity contribution in [2.45, 2.75) is 11.7 Å². The maximum absolute atomic E-state index is 13.5. The van der Waals surface area contributed by atoms with Gasteiger partial charge < -0.3 is 29.2 Å². The molecule has 0 aromatic heterocycles. The Bertz CT molecular complexity index is 1110. The van der Waals surface area contributed by atoms with Crippen molar-refractivity contribution in [3.05, 3.63) is 54.6 Å². The van der Waals surface area contributed by atoms with Crippen LogP contribution in [-0.4, -0.2) is 44.0 Å². The number of fused-ring (bicyclic) bond motifs is 2. The zero-order chi connectivity index (χ0) is 21.2. The van der Waals surface area contributed by atoms with Gasteiger partial charge >= 0.3 is 0 Å². The molecule has 0 unspecified atom stereocenters. The van der Waals surface area contributed by atoms with Gasteiger partial charge in [-0.3, -0.25) is 9.59 Å². The lowest BCUT2D eigenvalue weighted by Gasteiger charge is -2.23. The first-order chi connectivity index (χ1) is 15.1. The standard InChI is InChI=1S/C23H20N2O6/c1-28-15-5-2-13(3-6-15)24-21(26)19-17-8-9-23(31-17)11-25(22(27)20(19)23)14-4-7-16-18(10-14)30-12-29-16/h2-10,17,19-20H,11-12H2,1H3,(H,24,26)/t17-,19+,20+,23-/m1/s1. The van der Waals surface area contributed by atoms with Crippen LogP contribution in [0.2, 0.25) is 0 Å². The Morgan fingerprint density at radius 2 is 1.97 bits per heavy atom. The molecular formula is C23H20N2O6. The Hall–Kier alpha value is -3.52. The first kappa shape index (κ1) is 18.3. The number of rotatable bonds is 4. The predicted molar refractivity (Wildman–Crippen MR) is 110 cm³/mol. The van der Waals surface area contributed by atoms with Crippen LogP contribution in [-0.2, 0) is 14.3 Å². The second-order valence-electron chi connectivity index (χ2n) is 8.08. The van der Waals surface area contributed by atoms with Crippen molar-refractivity contribution in [2.24, 2.45) is 11.8 Å². The van der Waals surface area contributed by atoms with Gasteiger partial charge in [-0.25, -0.2) is 0 Å². The number of nitrogens with zero attached hydrogens (tertiary/aromatic N) is 1. The summed E-state index contributed by atoms with van der Waals surface area (Å²) in [6.45, 7) is 0.524. The van der Waals surface area contributed by atoms with E-state index >= 15 is 0 Å². The van der Waals surface area contributed by atoms with Crippen molar-refractivity contribution in [3.8, 4) is 17.2 Å². The summed E-state index contributed by atoms with van der Waals surface area (Å²) in [5.41, 5.74) is 0.553. The molecule has 2 bridgehead atoms. The van der Waals surface area contributed by atoms with Crippen LogP contribution in [0, 0.1) is 11.8 Å². The average Bonchev–Trinajstić information content (AvgIpc) is 3.54. The second kappa shape index (κ2) is 6.49. The minimum atomic E-state index is -0.792. The topological polar surface area (TPSA) is 86.3 Å². The first-order valence-corrected chi connectivity index (χ1v) is 10.1. The van der Waals surface area contributed by atoms with Gasteiger partial charge in [0.25, 0.3) is 0 Å². The molecule has 1 spiro atoms. The number of carbonyl (C=O) groups excluding carboxylic acids is 2. The normalized spacial score (nSPS) is 29.4. The summed E-state index contributed by atoms with van der Waals surface area (Å²) >= 11 is 0. The van der Waals surface area contributed by atoms with Crippen LogP contribution in [0.4, 0.5) is 11.4 Å². The number of ether oxygens (including phenoxy) is 4. The van der Waals surface area contributed by atoms with Crippen molar-refractivity contribution >= 4 is 23.2 Å². The largest absolute Gasteiger partial charge is 0.497 e. The van der Waals surface area contributed by atoms with Crippen molar-refractivity contribution in [2.75, 3.05) is 30.7 Å². The molecule has 31 heavy (non-hydrogen) atoms. The quantitative estimate of drug-likeness (QED) is 0.765. The third-order valence-corrected chi connectivity index (χ3v) is 6.43. The summed E-state index contributed by atoms with van der Waals surface area (Å²) in [4.78, 5) is 28.3. The van der Waals surface area contributed by atoms with E-state index in [4.69, 9.17) is 18.9 Å². The van der Waals surface area contributed by atoms with Crippen LogP contribution in [0.5, 0.6) is 17.2 Å². The number of carbonyl (C=O) groups is 2. The van der Waals surface area contributed by atoms with Crippen LogP contribution < -0.4 is 24.4 Å². The van der Waals surface area contributed by atoms with Gasteiger partial charge in [0.15, 0.2) is 11.5 Å². The molecule has 0 saturated carbocycles. The predicted octanol–water partition coefficient (Wildman–Crippen LogP) is 2.35. The summed E-state index contributed by atoms with van der Waals surface area (Å²) in [6.07, 6.45) is 3.42. The third kappa shape index (κ3) is 2.64. The maximum Gasteiger partial charge on any atom is 0.234 e. The summed E-state index contributed by atoms with van der Waals surface area (Å²) in [5.74, 6) is 0.433. The van der Waals surface area contributed by atoms with Gasteiger partial charge in [-0.1, -0.05) is 12.2 Å². The van der Waals surface area contributed by atoms with Gasteiger partial charge in [0.05, 0.1) is 31.6 Å². The fourth-order valence-electron chi connectivity index (χ4n) is 4.97. The van der Waals surface area contributed by atoms with Gasteiger partial charge in [-0.05, 0) is 36.4 Å². The van der Waals surface area contributed by atoms with Crippen LogP contribution in [0.3, 0.4) is 0 Å². The summed E-state index contributed by atoms with van der Waals surface area (Å²) in [5, 5.41) is 2.92. The van der Waals surface area contributed by atoms with E-state index in [1.54, 1.807) is 48.4 Å². The molecule has 4 heterocycles. The molecule has 1 N–H and O–H groups in total. The van der Waals surface area contributed by atoms with E-state index in [0.717, 1.165) is 0 Å². The molecule has 2 amide bonds. The molecule has 8 nitrogen and oxygen atoms in total. The maximum atomic E-state index is 13.5. The van der Waals surface area contributed by atoms with Crippen molar-refractivity contribution in [1.82, 2.24) is 0 Å². The monoisotopic (exact) mass is 420 g/mol. The highest BCUT2D eigenvalue weighted by Gasteiger charge is 2.67. The summed E-state index contributed by atoms with van der Waals surface area (Å²) in [6, 6.07) is 12.5. The third-order valence-electron chi connectivity index (χ3n) is 6.43. The van der Waals surface area contributed by atoms with E-state index in [9.17, 15) is 9.59 Å². The molecule has 4 atom stereocenters. The summed E-state index contributed by atoms with van der Waals surface area (Å²) < 4.78 is 22.2. The lowest BCUT2D eigenvalue weighted by Crippen LogP contribution is -2.41. The molecule has 0 radical (unpaired) electrons. The molecule has 8 heteroatoms. The Morgan fingerprint density at radius 1 is 1.16 bits per heavy atom. The molecular weight excluding hydrogens is 400 g/mol. The smallest absolute Gasteiger partial charge is 0.234 e. The number of amides is 2. The Labute approximate surface area is 178 Å². The minimum absolute atomic E-state index is 0.124. The van der Waals surface area contributed by atoms with Gasteiger partial charge in [0.2, 0.25) is 18.6 Å². The Morgan fingerprint density at radius 3 is 2.77 bits per heavy atom. The van der Waals surface area contributed by atoms with E-state index < -0.39 is 23.5 Å². The number of methoxy groups -OCH3 is 1. The average molecular weight is 420 g/mol. The van der Waals surface area contributed by atoms with Crippen LogP contribution in [0.25, 0.3) is 0 Å². The first-order valence-electron chi connectivity index (χ1n) is 10.1. The van der Waals surface area contributed by atoms with Crippen LogP contribution in [0.15, 0.2) is 54.6 Å². The fraction of sp³-hybridized carbons (Fsp3) is 0.304. The zero-order valence-electron chi connectivity index (χ0n) is 16.7. The molecule has 2 aromatic carbocycles. The van der Waals surface area contributed by atoms with Crippen LogP contribution in [0.1, 0.15) is 0 Å². The Kier molecular flexibility index (Phi) is 3.82. The van der Waals surface area contributed by atoms with Gasteiger partial charge in [-0.2, -0.15) is 0 Å².